The zero-order chi connectivity index (χ0) is 17.5. The number of aromatic nitrogens is 6. The SMILES string of the molecule is Cc1cc(C)nc(SCc2cc(=O)n3[nH]c(C(F)(F)F)nc3n2)n1. The standard InChI is InChI=1S/C13H11F3N6OS/c1-6-3-7(2)18-12(17-6)24-5-8-4-9(23)22-11(19-8)20-10(21-22)13(14,15)16/h3-4H,5H2,1-2H3,(H,19,20,21). The van der Waals surface area contributed by atoms with Crippen LogP contribution in [0.2, 0.25) is 0 Å². The summed E-state index contributed by atoms with van der Waals surface area (Å²) in [5.74, 6) is -1.36. The van der Waals surface area contributed by atoms with Crippen LogP contribution in [0.4, 0.5) is 13.2 Å². The predicted octanol–water partition coefficient (Wildman–Crippen LogP) is 2.14. The zero-order valence-corrected chi connectivity index (χ0v) is 13.4. The van der Waals surface area contributed by atoms with E-state index in [-0.39, 0.29) is 11.5 Å². The van der Waals surface area contributed by atoms with Gasteiger partial charge in [0, 0.05) is 23.2 Å². The fourth-order valence-corrected chi connectivity index (χ4v) is 2.87. The Morgan fingerprint density at radius 2 is 1.79 bits per heavy atom. The number of halogens is 3. The van der Waals surface area contributed by atoms with Crippen LogP contribution >= 0.6 is 11.8 Å². The molecule has 3 heterocycles. The van der Waals surface area contributed by atoms with Gasteiger partial charge in [0.1, 0.15) is 0 Å². The van der Waals surface area contributed by atoms with Crippen LogP contribution in [0.15, 0.2) is 22.1 Å². The van der Waals surface area contributed by atoms with E-state index in [1.165, 1.54) is 11.8 Å². The molecule has 3 aromatic heterocycles. The molecule has 24 heavy (non-hydrogen) atoms. The molecule has 0 aromatic carbocycles. The van der Waals surface area contributed by atoms with Crippen LogP contribution in [0.25, 0.3) is 5.78 Å². The number of thioether (sulfide) groups is 1. The molecular formula is C13H11F3N6OS. The van der Waals surface area contributed by atoms with Crippen LogP contribution in [0, 0.1) is 13.8 Å². The lowest BCUT2D eigenvalue weighted by atomic mass is 10.4. The minimum atomic E-state index is -4.68. The van der Waals surface area contributed by atoms with Crippen molar-refractivity contribution in [3.05, 3.63) is 45.4 Å². The molecule has 0 aliphatic heterocycles. The van der Waals surface area contributed by atoms with Gasteiger partial charge < -0.3 is 0 Å². The summed E-state index contributed by atoms with van der Waals surface area (Å²) < 4.78 is 38.6. The molecule has 0 unspecified atom stereocenters. The van der Waals surface area contributed by atoms with Gasteiger partial charge in [0.05, 0.1) is 5.69 Å². The van der Waals surface area contributed by atoms with Crippen LogP contribution < -0.4 is 5.56 Å². The fraction of sp³-hybridized carbons (Fsp3) is 0.308. The summed E-state index contributed by atoms with van der Waals surface area (Å²) in [5.41, 5.74) is 1.24. The predicted molar refractivity (Wildman–Crippen MR) is 79.7 cm³/mol. The Balaban J connectivity index is 1.89. The van der Waals surface area contributed by atoms with Crippen molar-refractivity contribution < 1.29 is 13.2 Å². The van der Waals surface area contributed by atoms with E-state index >= 15 is 0 Å². The first-order valence-electron chi connectivity index (χ1n) is 6.73. The monoisotopic (exact) mass is 356 g/mol. The third-order valence-electron chi connectivity index (χ3n) is 2.96. The molecule has 0 radical (unpaired) electrons. The van der Waals surface area contributed by atoms with Crippen molar-refractivity contribution in [2.24, 2.45) is 0 Å². The van der Waals surface area contributed by atoms with E-state index in [0.717, 1.165) is 17.5 Å². The fourth-order valence-electron chi connectivity index (χ4n) is 2.02. The van der Waals surface area contributed by atoms with Crippen molar-refractivity contribution in [3.63, 3.8) is 0 Å². The normalized spacial score (nSPS) is 12.0. The van der Waals surface area contributed by atoms with E-state index in [1.54, 1.807) is 0 Å². The maximum absolute atomic E-state index is 12.6. The molecule has 0 saturated heterocycles. The van der Waals surface area contributed by atoms with Crippen LogP contribution in [0.1, 0.15) is 22.9 Å². The van der Waals surface area contributed by atoms with Crippen molar-refractivity contribution in [2.75, 3.05) is 0 Å². The quantitative estimate of drug-likeness (QED) is 0.571. The summed E-state index contributed by atoms with van der Waals surface area (Å²) >= 11 is 1.24. The Hall–Kier alpha value is -2.43. The lowest BCUT2D eigenvalue weighted by Crippen LogP contribution is -2.16. The lowest BCUT2D eigenvalue weighted by molar-refractivity contribution is -0.144. The Bertz CT molecular complexity index is 944. The molecule has 0 aliphatic rings. The highest BCUT2D eigenvalue weighted by molar-refractivity contribution is 7.98. The number of nitrogens with one attached hydrogen (secondary N) is 1. The Morgan fingerprint density at radius 3 is 2.42 bits per heavy atom. The van der Waals surface area contributed by atoms with Crippen molar-refractivity contribution >= 4 is 17.5 Å². The molecule has 3 rings (SSSR count). The summed E-state index contributed by atoms with van der Waals surface area (Å²) in [5, 5.41) is 2.40. The molecule has 7 nitrogen and oxygen atoms in total. The van der Waals surface area contributed by atoms with E-state index < -0.39 is 17.6 Å². The first-order valence-corrected chi connectivity index (χ1v) is 7.72. The molecule has 0 aliphatic carbocycles. The number of aryl methyl sites for hydroxylation is 2. The molecule has 1 N–H and O–H groups in total. The van der Waals surface area contributed by atoms with Gasteiger partial charge >= 0.3 is 6.18 Å². The number of hydrogen-bond acceptors (Lipinski definition) is 6. The summed E-state index contributed by atoms with van der Waals surface area (Å²) in [6, 6.07) is 2.98. The van der Waals surface area contributed by atoms with Gasteiger partial charge in [-0.15, -0.1) is 0 Å². The molecular weight excluding hydrogens is 345 g/mol. The van der Waals surface area contributed by atoms with Crippen LogP contribution in [-0.2, 0) is 11.9 Å². The second-order valence-electron chi connectivity index (χ2n) is 5.01. The van der Waals surface area contributed by atoms with Gasteiger partial charge in [-0.1, -0.05) is 11.8 Å². The molecule has 11 heteroatoms. The van der Waals surface area contributed by atoms with Crippen LogP contribution in [0.5, 0.6) is 0 Å². The van der Waals surface area contributed by atoms with Crippen molar-refractivity contribution in [1.29, 1.82) is 0 Å². The molecule has 0 amide bonds. The number of aromatic amines is 1. The van der Waals surface area contributed by atoms with Gasteiger partial charge in [0.25, 0.3) is 11.3 Å². The van der Waals surface area contributed by atoms with Crippen molar-refractivity contribution in [2.45, 2.75) is 30.9 Å². The molecule has 0 saturated carbocycles. The number of fused-ring (bicyclic) bond motifs is 1. The highest BCUT2D eigenvalue weighted by Crippen LogP contribution is 2.26. The van der Waals surface area contributed by atoms with Crippen molar-refractivity contribution in [3.8, 4) is 0 Å². The van der Waals surface area contributed by atoms with Gasteiger partial charge in [-0.25, -0.2) is 15.0 Å². The topological polar surface area (TPSA) is 88.8 Å². The molecule has 3 aromatic rings. The highest BCUT2D eigenvalue weighted by Gasteiger charge is 2.35. The van der Waals surface area contributed by atoms with Crippen LogP contribution in [0.3, 0.4) is 0 Å². The number of nitrogens with zero attached hydrogens (tertiary/aromatic N) is 5. The third kappa shape index (κ3) is 3.40. The van der Waals surface area contributed by atoms with Gasteiger partial charge in [0.15, 0.2) is 5.16 Å². The van der Waals surface area contributed by atoms with Crippen molar-refractivity contribution in [1.82, 2.24) is 29.5 Å². The van der Waals surface area contributed by atoms with Gasteiger partial charge in [-0.3, -0.25) is 9.89 Å². The van der Waals surface area contributed by atoms with E-state index in [2.05, 4.69) is 19.9 Å². The molecule has 0 bridgehead atoms. The molecule has 0 atom stereocenters. The van der Waals surface area contributed by atoms with Crippen LogP contribution in [-0.4, -0.2) is 29.5 Å². The minimum absolute atomic E-state index is 0.239. The molecule has 0 spiro atoms. The number of H-pyrrole nitrogens is 1. The highest BCUT2D eigenvalue weighted by atomic mass is 32.2. The summed E-state index contributed by atoms with van der Waals surface area (Å²) in [6.07, 6.45) is -4.68. The molecule has 0 fully saturated rings. The van der Waals surface area contributed by atoms with Gasteiger partial charge in [-0.2, -0.15) is 22.7 Å². The maximum Gasteiger partial charge on any atom is 0.451 e. The second-order valence-corrected chi connectivity index (χ2v) is 5.96. The first-order chi connectivity index (χ1) is 11.2. The Labute approximate surface area is 137 Å². The molecule has 126 valence electrons. The third-order valence-corrected chi connectivity index (χ3v) is 3.84. The van der Waals surface area contributed by atoms with Gasteiger partial charge in [-0.05, 0) is 19.9 Å². The van der Waals surface area contributed by atoms with Gasteiger partial charge in [0.2, 0.25) is 5.82 Å². The first kappa shape index (κ1) is 16.4. The number of hydrogen-bond donors (Lipinski definition) is 1. The maximum atomic E-state index is 12.6. The minimum Gasteiger partial charge on any atom is -0.267 e. The number of rotatable bonds is 3. The Morgan fingerprint density at radius 1 is 1.12 bits per heavy atom. The second kappa shape index (κ2) is 5.89. The summed E-state index contributed by atoms with van der Waals surface area (Å²) in [7, 11) is 0. The van der Waals surface area contributed by atoms with E-state index in [1.807, 2.05) is 25.0 Å². The number of alkyl halides is 3. The van der Waals surface area contributed by atoms with E-state index in [9.17, 15) is 18.0 Å². The average molecular weight is 356 g/mol. The average Bonchev–Trinajstić information content (AvgIpc) is 2.89. The smallest absolute Gasteiger partial charge is 0.267 e. The summed E-state index contributed by atoms with van der Waals surface area (Å²) in [4.78, 5) is 27.7. The summed E-state index contributed by atoms with van der Waals surface area (Å²) in [6.45, 7) is 3.66. The van der Waals surface area contributed by atoms with E-state index in [4.69, 9.17) is 0 Å². The Kier molecular flexibility index (Phi) is 4.03. The van der Waals surface area contributed by atoms with E-state index in [0.29, 0.717) is 15.4 Å². The lowest BCUT2D eigenvalue weighted by Gasteiger charge is -2.02. The largest absolute Gasteiger partial charge is 0.451 e. The zero-order valence-electron chi connectivity index (χ0n) is 12.5.